The van der Waals surface area contributed by atoms with Crippen molar-refractivity contribution in [1.29, 1.82) is 0 Å². The zero-order valence-electron chi connectivity index (χ0n) is 12.3. The average molecular weight is 309 g/mol. The lowest BCUT2D eigenvalue weighted by Crippen LogP contribution is -2.33. The largest absolute Gasteiger partial charge is 0.624 e. The summed E-state index contributed by atoms with van der Waals surface area (Å²) >= 11 is 0. The van der Waals surface area contributed by atoms with Crippen LogP contribution >= 0.6 is 0 Å². The maximum absolute atomic E-state index is 12.0. The summed E-state index contributed by atoms with van der Waals surface area (Å²) in [5.74, 6) is -0.494. The summed E-state index contributed by atoms with van der Waals surface area (Å²) in [6.07, 6.45) is 0.0182. The highest BCUT2D eigenvalue weighted by Gasteiger charge is 2.36. The molecule has 7 nitrogen and oxygen atoms in total. The molecule has 7 heteroatoms. The highest BCUT2D eigenvalue weighted by molar-refractivity contribution is 5.90. The van der Waals surface area contributed by atoms with Crippen molar-refractivity contribution in [1.82, 2.24) is 0 Å². The molecule has 0 fully saturated rings. The summed E-state index contributed by atoms with van der Waals surface area (Å²) in [7, 11) is 1.57. The molecule has 0 spiro atoms. The first-order valence-electron chi connectivity index (χ1n) is 6.94. The third kappa shape index (κ3) is 4.80. The van der Waals surface area contributed by atoms with E-state index in [4.69, 9.17) is 18.9 Å². The lowest BCUT2D eigenvalue weighted by atomic mass is 10.2. The van der Waals surface area contributed by atoms with E-state index in [0.717, 1.165) is 0 Å². The van der Waals surface area contributed by atoms with E-state index < -0.39 is 18.2 Å². The molecule has 0 amide bonds. The number of benzene rings is 1. The van der Waals surface area contributed by atoms with Gasteiger partial charge in [0.15, 0.2) is 18.9 Å². The van der Waals surface area contributed by atoms with Gasteiger partial charge in [0, 0.05) is 7.11 Å². The molecule has 0 N–H and O–H groups in total. The number of hydrogen-bond donors (Lipinski definition) is 0. The van der Waals surface area contributed by atoms with E-state index in [1.54, 1.807) is 37.4 Å². The molecule has 1 aliphatic heterocycles. The molecular weight excluding hydrogens is 290 g/mol. The highest BCUT2D eigenvalue weighted by Crippen LogP contribution is 2.12. The summed E-state index contributed by atoms with van der Waals surface area (Å²) in [4.78, 5) is 12.0. The van der Waals surface area contributed by atoms with E-state index in [2.05, 4.69) is 0 Å². The van der Waals surface area contributed by atoms with Gasteiger partial charge in [-0.25, -0.2) is 9.53 Å². The molecule has 1 aromatic rings. The van der Waals surface area contributed by atoms with Gasteiger partial charge in [-0.05, 0) is 12.1 Å². The van der Waals surface area contributed by atoms with Crippen molar-refractivity contribution in [3.63, 3.8) is 0 Å². The molecule has 22 heavy (non-hydrogen) atoms. The Morgan fingerprint density at radius 3 is 2.82 bits per heavy atom. The van der Waals surface area contributed by atoms with Gasteiger partial charge in [0.05, 0.1) is 18.8 Å². The van der Waals surface area contributed by atoms with E-state index in [1.165, 1.54) is 6.21 Å². The number of rotatable bonds is 8. The second kappa shape index (κ2) is 8.47. The van der Waals surface area contributed by atoms with Crippen LogP contribution in [0.25, 0.3) is 0 Å². The molecular formula is C15H19NO6. The number of nitrogens with zero attached hydrogens (tertiary/aromatic N) is 1. The molecule has 0 bridgehead atoms. The average Bonchev–Trinajstić information content (AvgIpc) is 2.87. The number of ether oxygens (including phenoxy) is 4. The van der Waals surface area contributed by atoms with Gasteiger partial charge in [-0.15, -0.1) is 0 Å². The van der Waals surface area contributed by atoms with Crippen molar-refractivity contribution >= 4 is 12.2 Å². The van der Waals surface area contributed by atoms with Crippen molar-refractivity contribution in [2.45, 2.75) is 12.2 Å². The molecule has 120 valence electrons. The van der Waals surface area contributed by atoms with Crippen molar-refractivity contribution in [3.05, 3.63) is 41.1 Å². The molecule has 0 aliphatic carbocycles. The number of esters is 1. The standard InChI is InChI=1S/C15H19NO6/c1-19-7-8-20-11-21-13-9-16(18)10-14(13)22-15(17)12-5-3-2-4-6-12/h2-6,10,13-14H,7-9,11H2,1H3/t13-,14+/m1/s1. The summed E-state index contributed by atoms with van der Waals surface area (Å²) in [5.41, 5.74) is 0.426. The van der Waals surface area contributed by atoms with Gasteiger partial charge >= 0.3 is 5.97 Å². The van der Waals surface area contributed by atoms with Crippen LogP contribution in [0.15, 0.2) is 30.3 Å². The van der Waals surface area contributed by atoms with Crippen LogP contribution in [0.5, 0.6) is 0 Å². The predicted octanol–water partition coefficient (Wildman–Crippen LogP) is 0.812. The SMILES string of the molecule is COCCOCO[C@@H]1C[N+]([O-])=C[C@@H]1OC(=O)c1ccccc1. The van der Waals surface area contributed by atoms with E-state index in [9.17, 15) is 10.0 Å². The van der Waals surface area contributed by atoms with E-state index >= 15 is 0 Å². The number of carbonyl (C=O) groups is 1. The molecule has 1 heterocycles. The maximum Gasteiger partial charge on any atom is 0.339 e. The topological polar surface area (TPSA) is 80.1 Å². The van der Waals surface area contributed by atoms with E-state index in [0.29, 0.717) is 23.5 Å². The Kier molecular flexibility index (Phi) is 6.32. The number of hydroxylamine groups is 1. The van der Waals surface area contributed by atoms with Gasteiger partial charge in [0.2, 0.25) is 6.10 Å². The minimum absolute atomic E-state index is 0.00902. The van der Waals surface area contributed by atoms with Crippen molar-refractivity contribution in [3.8, 4) is 0 Å². The molecule has 0 radical (unpaired) electrons. The fourth-order valence-corrected chi connectivity index (χ4v) is 1.96. The Labute approximate surface area is 128 Å². The first kappa shape index (κ1) is 16.4. The van der Waals surface area contributed by atoms with Gasteiger partial charge in [-0.1, -0.05) is 18.2 Å². The van der Waals surface area contributed by atoms with Crippen LogP contribution in [-0.2, 0) is 18.9 Å². The van der Waals surface area contributed by atoms with Crippen LogP contribution in [-0.4, -0.2) is 62.8 Å². The van der Waals surface area contributed by atoms with Crippen molar-refractivity contribution in [2.75, 3.05) is 33.7 Å². The van der Waals surface area contributed by atoms with E-state index in [-0.39, 0.29) is 13.3 Å². The minimum Gasteiger partial charge on any atom is -0.624 e. The molecule has 0 saturated heterocycles. The van der Waals surface area contributed by atoms with Crippen LogP contribution in [0.1, 0.15) is 10.4 Å². The Bertz CT molecular complexity index is 504. The highest BCUT2D eigenvalue weighted by atomic mass is 16.7. The summed E-state index contributed by atoms with van der Waals surface area (Å²) in [6, 6.07) is 8.59. The number of hydrogen-bond acceptors (Lipinski definition) is 6. The van der Waals surface area contributed by atoms with Gasteiger partial charge < -0.3 is 24.2 Å². The van der Waals surface area contributed by atoms with Crippen LogP contribution in [0, 0.1) is 5.21 Å². The molecule has 2 atom stereocenters. The third-order valence-electron chi connectivity index (χ3n) is 3.09. The zero-order chi connectivity index (χ0) is 15.8. The van der Waals surface area contributed by atoms with Crippen LogP contribution < -0.4 is 0 Å². The smallest absolute Gasteiger partial charge is 0.339 e. The lowest BCUT2D eigenvalue weighted by molar-refractivity contribution is -0.454. The molecule has 0 aromatic heterocycles. The van der Waals surface area contributed by atoms with E-state index in [1.807, 2.05) is 0 Å². The Hall–Kier alpha value is -1.96. The van der Waals surface area contributed by atoms with Crippen LogP contribution in [0.4, 0.5) is 0 Å². The molecule has 1 aromatic carbocycles. The predicted molar refractivity (Wildman–Crippen MR) is 77.8 cm³/mol. The Morgan fingerprint density at radius 1 is 1.32 bits per heavy atom. The van der Waals surface area contributed by atoms with Crippen molar-refractivity contribution < 1.29 is 28.5 Å². The normalized spacial score (nSPS) is 20.7. The van der Waals surface area contributed by atoms with Gasteiger partial charge in [0.25, 0.3) is 0 Å². The molecule has 1 aliphatic rings. The van der Waals surface area contributed by atoms with Crippen molar-refractivity contribution in [2.24, 2.45) is 0 Å². The summed E-state index contributed by atoms with van der Waals surface area (Å²) in [5, 5.41) is 11.4. The second-order valence-electron chi connectivity index (χ2n) is 4.71. The maximum atomic E-state index is 12.0. The quantitative estimate of drug-likeness (QED) is 0.232. The van der Waals surface area contributed by atoms with Gasteiger partial charge in [-0.3, -0.25) is 0 Å². The first-order chi connectivity index (χ1) is 10.7. The molecule has 0 unspecified atom stereocenters. The molecule has 0 saturated carbocycles. The lowest BCUT2D eigenvalue weighted by Gasteiger charge is -2.16. The fourth-order valence-electron chi connectivity index (χ4n) is 1.96. The Morgan fingerprint density at radius 2 is 2.09 bits per heavy atom. The fraction of sp³-hybridized carbons (Fsp3) is 0.467. The summed E-state index contributed by atoms with van der Waals surface area (Å²) in [6.45, 7) is 0.957. The monoisotopic (exact) mass is 309 g/mol. The zero-order valence-corrected chi connectivity index (χ0v) is 12.3. The van der Waals surface area contributed by atoms with Gasteiger partial charge in [-0.2, -0.15) is 0 Å². The number of methoxy groups -OCH3 is 1. The first-order valence-corrected chi connectivity index (χ1v) is 6.94. The third-order valence-corrected chi connectivity index (χ3v) is 3.09. The minimum atomic E-state index is -0.726. The van der Waals surface area contributed by atoms with Crippen LogP contribution in [0.3, 0.4) is 0 Å². The Balaban J connectivity index is 1.83. The number of carbonyl (C=O) groups excluding carboxylic acids is 1. The summed E-state index contributed by atoms with van der Waals surface area (Å²) < 4.78 is 21.5. The van der Waals surface area contributed by atoms with Gasteiger partial charge in [0.1, 0.15) is 6.79 Å². The van der Waals surface area contributed by atoms with Crippen LogP contribution in [0.2, 0.25) is 0 Å². The molecule has 2 rings (SSSR count). The second-order valence-corrected chi connectivity index (χ2v) is 4.71.